The van der Waals surface area contributed by atoms with Crippen LogP contribution in [0.15, 0.2) is 0 Å². The first-order chi connectivity index (χ1) is 7.68. The van der Waals surface area contributed by atoms with Crippen molar-refractivity contribution in [2.75, 3.05) is 0 Å². The Morgan fingerprint density at radius 1 is 1.41 bits per heavy atom. The lowest BCUT2D eigenvalue weighted by Gasteiger charge is -2.47. The molecule has 4 unspecified atom stereocenters. The number of carbonyl (C=O) groups is 1. The van der Waals surface area contributed by atoms with E-state index < -0.39 is 9.04 Å². The Balaban J connectivity index is 2.25. The smallest absolute Gasteiger partial charge is 0.171 e. The van der Waals surface area contributed by atoms with E-state index in [2.05, 4.69) is 49.8 Å². The van der Waals surface area contributed by atoms with Crippen molar-refractivity contribution in [3.63, 3.8) is 0 Å². The highest BCUT2D eigenvalue weighted by Crippen LogP contribution is 2.60. The molecule has 2 rings (SSSR count). The molecule has 0 aromatic heterocycles. The van der Waals surface area contributed by atoms with Gasteiger partial charge in [0, 0.05) is 17.2 Å². The van der Waals surface area contributed by atoms with Crippen molar-refractivity contribution in [2.45, 2.75) is 57.1 Å². The second-order valence-corrected chi connectivity index (χ2v) is 10.2. The summed E-state index contributed by atoms with van der Waals surface area (Å²) in [6.07, 6.45) is 1.63. The van der Waals surface area contributed by atoms with Crippen LogP contribution in [0.1, 0.15) is 33.6 Å². The van der Waals surface area contributed by atoms with Crippen LogP contribution in [-0.4, -0.2) is 25.3 Å². The maximum Gasteiger partial charge on any atom is 0.171 e. The summed E-state index contributed by atoms with van der Waals surface area (Å²) >= 11 is 3.86. The van der Waals surface area contributed by atoms with Gasteiger partial charge in [-0.1, -0.05) is 36.7 Å². The van der Waals surface area contributed by atoms with E-state index in [0.717, 1.165) is 6.42 Å². The van der Waals surface area contributed by atoms with Crippen molar-refractivity contribution >= 4 is 30.8 Å². The molecule has 2 fully saturated rings. The zero-order valence-electron chi connectivity index (χ0n) is 11.4. The molecule has 0 bridgehead atoms. The van der Waals surface area contributed by atoms with Gasteiger partial charge in [-0.3, -0.25) is 4.79 Å². The molecule has 0 aliphatic heterocycles. The van der Waals surface area contributed by atoms with Crippen LogP contribution in [0, 0.1) is 17.3 Å². The van der Waals surface area contributed by atoms with Gasteiger partial charge in [-0.05, 0) is 30.8 Å². The fourth-order valence-corrected chi connectivity index (χ4v) is 6.48. The highest BCUT2D eigenvalue weighted by Gasteiger charge is 2.66. The Labute approximate surface area is 114 Å². The molecule has 0 radical (unpaired) electrons. The highest BCUT2D eigenvalue weighted by molar-refractivity contribution is 9.09. The van der Waals surface area contributed by atoms with E-state index in [9.17, 15) is 4.79 Å². The Hall–Kier alpha value is 0.327. The van der Waals surface area contributed by atoms with Crippen LogP contribution in [-0.2, 0) is 9.22 Å². The van der Waals surface area contributed by atoms with Crippen LogP contribution >= 0.6 is 15.9 Å². The summed E-state index contributed by atoms with van der Waals surface area (Å²) in [5, 5.41) is 0. The predicted octanol–water partition coefficient (Wildman–Crippen LogP) is 3.14. The first-order valence-electron chi connectivity index (χ1n) is 6.53. The van der Waals surface area contributed by atoms with Crippen LogP contribution in [0.4, 0.5) is 0 Å². The molecule has 2 nitrogen and oxygen atoms in total. The standard InChI is InChI=1S/C13H23BrO2Si/c1-12(2,3)9-6-8-10(15)7-13(8,11(9)14)16-17(4)5/h8-9,11,17H,6-7H2,1-5H3. The monoisotopic (exact) mass is 318 g/mol. The van der Waals surface area contributed by atoms with E-state index in [-0.39, 0.29) is 16.9 Å². The van der Waals surface area contributed by atoms with Gasteiger partial charge in [0.05, 0.1) is 5.60 Å². The van der Waals surface area contributed by atoms with E-state index in [0.29, 0.717) is 22.9 Å². The summed E-state index contributed by atoms with van der Waals surface area (Å²) in [4.78, 5) is 12.2. The molecule has 2 aliphatic rings. The van der Waals surface area contributed by atoms with Gasteiger partial charge in [0.25, 0.3) is 0 Å². The van der Waals surface area contributed by atoms with Crippen molar-refractivity contribution in [2.24, 2.45) is 17.3 Å². The molecule has 4 heteroatoms. The number of carbonyl (C=O) groups excluding carboxylic acids is 1. The van der Waals surface area contributed by atoms with Gasteiger partial charge < -0.3 is 4.43 Å². The van der Waals surface area contributed by atoms with Gasteiger partial charge in [0.2, 0.25) is 0 Å². The number of hydrogen-bond donors (Lipinski definition) is 0. The predicted molar refractivity (Wildman–Crippen MR) is 76.1 cm³/mol. The van der Waals surface area contributed by atoms with Crippen LogP contribution in [0.2, 0.25) is 13.1 Å². The van der Waals surface area contributed by atoms with Crippen molar-refractivity contribution in [3.05, 3.63) is 0 Å². The molecule has 0 aromatic rings. The third kappa shape index (κ3) is 2.06. The largest absolute Gasteiger partial charge is 0.413 e. The number of rotatable bonds is 2. The summed E-state index contributed by atoms with van der Waals surface area (Å²) in [6.45, 7) is 11.2. The number of ketones is 1. The number of hydrogen-bond acceptors (Lipinski definition) is 2. The topological polar surface area (TPSA) is 26.3 Å². The minimum absolute atomic E-state index is 0.157. The molecule has 0 saturated heterocycles. The molecular weight excluding hydrogens is 296 g/mol. The van der Waals surface area contributed by atoms with Gasteiger partial charge in [-0.2, -0.15) is 0 Å². The van der Waals surface area contributed by atoms with Crippen LogP contribution in [0.25, 0.3) is 0 Å². The lowest BCUT2D eigenvalue weighted by molar-refractivity contribution is -0.147. The average molecular weight is 319 g/mol. The number of fused-ring (bicyclic) bond motifs is 1. The molecule has 17 heavy (non-hydrogen) atoms. The van der Waals surface area contributed by atoms with Crippen LogP contribution in [0.5, 0.6) is 0 Å². The lowest BCUT2D eigenvalue weighted by atomic mass is 9.70. The Morgan fingerprint density at radius 3 is 2.41 bits per heavy atom. The van der Waals surface area contributed by atoms with Crippen LogP contribution < -0.4 is 0 Å². The number of Topliss-reactive ketones (excluding diaryl/α,β-unsaturated/α-hetero) is 1. The second-order valence-electron chi connectivity index (χ2n) is 6.93. The molecule has 2 saturated carbocycles. The number of halogens is 1. The fourth-order valence-electron chi connectivity index (χ4n) is 3.41. The van der Waals surface area contributed by atoms with Gasteiger partial charge in [-0.25, -0.2) is 0 Å². The Morgan fingerprint density at radius 2 is 2.00 bits per heavy atom. The van der Waals surface area contributed by atoms with E-state index >= 15 is 0 Å². The number of alkyl halides is 1. The zero-order valence-corrected chi connectivity index (χ0v) is 14.2. The van der Waals surface area contributed by atoms with E-state index in [4.69, 9.17) is 4.43 Å². The molecule has 0 spiro atoms. The molecule has 0 N–H and O–H groups in total. The summed E-state index contributed by atoms with van der Waals surface area (Å²) < 4.78 is 6.28. The molecule has 0 amide bonds. The summed E-state index contributed by atoms with van der Waals surface area (Å²) in [6, 6.07) is 0. The van der Waals surface area contributed by atoms with E-state index in [1.54, 1.807) is 0 Å². The van der Waals surface area contributed by atoms with Gasteiger partial charge >= 0.3 is 0 Å². The Bertz CT molecular complexity index is 337. The maximum atomic E-state index is 11.8. The quantitative estimate of drug-likeness (QED) is 0.577. The maximum absolute atomic E-state index is 11.8. The fraction of sp³-hybridized carbons (Fsp3) is 0.923. The third-order valence-corrected chi connectivity index (χ3v) is 6.63. The summed E-state index contributed by atoms with van der Waals surface area (Å²) in [7, 11) is -1.11. The van der Waals surface area contributed by atoms with E-state index in [1.165, 1.54) is 0 Å². The molecule has 98 valence electrons. The van der Waals surface area contributed by atoms with Gasteiger partial charge in [0.15, 0.2) is 9.04 Å². The molecule has 0 heterocycles. The second kappa shape index (κ2) is 4.17. The molecular formula is C13H23BrO2Si. The Kier molecular flexibility index (Phi) is 3.37. The van der Waals surface area contributed by atoms with Gasteiger partial charge in [-0.15, -0.1) is 0 Å². The first kappa shape index (κ1) is 13.8. The summed E-state index contributed by atoms with van der Waals surface area (Å²) in [5.41, 5.74) is 0.0795. The van der Waals surface area contributed by atoms with Crippen molar-refractivity contribution < 1.29 is 9.22 Å². The SMILES string of the molecule is C[SiH](C)OC12CC(=O)C1CC(C(C)(C)C)C2Br. The lowest BCUT2D eigenvalue weighted by Crippen LogP contribution is -2.59. The normalized spacial score (nSPS) is 41.6. The van der Waals surface area contributed by atoms with Crippen molar-refractivity contribution in [3.8, 4) is 0 Å². The molecule has 4 atom stereocenters. The first-order valence-corrected chi connectivity index (χ1v) is 10.2. The average Bonchev–Trinajstić information content (AvgIpc) is 2.34. The zero-order chi connectivity index (χ0) is 13.0. The summed E-state index contributed by atoms with van der Waals surface area (Å²) in [5.74, 6) is 1.11. The molecule has 0 aromatic carbocycles. The minimum Gasteiger partial charge on any atom is -0.413 e. The van der Waals surface area contributed by atoms with Crippen LogP contribution in [0.3, 0.4) is 0 Å². The van der Waals surface area contributed by atoms with Gasteiger partial charge in [0.1, 0.15) is 5.78 Å². The van der Waals surface area contributed by atoms with Crippen molar-refractivity contribution in [1.29, 1.82) is 0 Å². The minimum atomic E-state index is -1.11. The van der Waals surface area contributed by atoms with Crippen molar-refractivity contribution in [1.82, 2.24) is 0 Å². The third-order valence-electron chi connectivity index (χ3n) is 4.31. The molecule has 2 aliphatic carbocycles. The van der Waals surface area contributed by atoms with E-state index in [1.807, 2.05) is 0 Å². The highest BCUT2D eigenvalue weighted by atomic mass is 79.9.